The number of fused-ring (bicyclic) bond motifs is 1. The summed E-state index contributed by atoms with van der Waals surface area (Å²) in [6.07, 6.45) is 1.90. The van der Waals surface area contributed by atoms with Crippen molar-refractivity contribution in [3.63, 3.8) is 0 Å². The van der Waals surface area contributed by atoms with Gasteiger partial charge in [0.05, 0.1) is 22.3 Å². The normalized spacial score (nSPS) is 12.0. The van der Waals surface area contributed by atoms with Crippen molar-refractivity contribution in [1.82, 2.24) is 14.5 Å². The first-order chi connectivity index (χ1) is 29.0. The number of phenolic OH excluding ortho intramolecular Hbond substituents is 1. The summed E-state index contributed by atoms with van der Waals surface area (Å²) in [5, 5.41) is 12.3. The molecule has 0 radical (unpaired) electrons. The Morgan fingerprint density at radius 2 is 1.27 bits per heavy atom. The van der Waals surface area contributed by atoms with Crippen molar-refractivity contribution in [3.05, 3.63) is 167 Å². The SMILES string of the molecule is Cc1ccc(-c2ccnc(-c3[c-]c(-c4cccc5c4nc(-c4cc(C(C)C)cc(C(C)C)c4O)n5-c4ccc(-c5ccccc5)cc4C(C)(C)C)cc(C(C)(C)C)c3)c2)cc1.[Pt]. The van der Waals surface area contributed by atoms with E-state index in [0.29, 0.717) is 5.82 Å². The van der Waals surface area contributed by atoms with Crippen molar-refractivity contribution in [1.29, 1.82) is 0 Å². The molecule has 5 heteroatoms. The molecule has 0 spiro atoms. The Morgan fingerprint density at radius 1 is 0.613 bits per heavy atom. The molecular weight excluding hydrogens is 938 g/mol. The minimum absolute atomic E-state index is 0. The summed E-state index contributed by atoms with van der Waals surface area (Å²) in [4.78, 5) is 10.5. The van der Waals surface area contributed by atoms with Crippen molar-refractivity contribution < 1.29 is 26.2 Å². The van der Waals surface area contributed by atoms with Gasteiger partial charge >= 0.3 is 0 Å². The summed E-state index contributed by atoms with van der Waals surface area (Å²) in [6.45, 7) is 24.4. The van der Waals surface area contributed by atoms with Crippen molar-refractivity contribution in [2.45, 2.75) is 98.8 Å². The van der Waals surface area contributed by atoms with Crippen LogP contribution in [0, 0.1) is 13.0 Å². The van der Waals surface area contributed by atoms with Crippen molar-refractivity contribution >= 4 is 11.0 Å². The minimum Gasteiger partial charge on any atom is -0.507 e. The van der Waals surface area contributed by atoms with Gasteiger partial charge in [-0.1, -0.05) is 171 Å². The van der Waals surface area contributed by atoms with Gasteiger partial charge in [0.25, 0.3) is 0 Å². The Morgan fingerprint density at radius 3 is 1.94 bits per heavy atom. The maximum atomic E-state index is 12.3. The molecule has 4 nitrogen and oxygen atoms in total. The topological polar surface area (TPSA) is 50.9 Å². The molecule has 0 aliphatic heterocycles. The zero-order chi connectivity index (χ0) is 43.4. The third-order valence-electron chi connectivity index (χ3n) is 12.0. The van der Waals surface area contributed by atoms with Crippen LogP contribution in [0.2, 0.25) is 0 Å². The van der Waals surface area contributed by atoms with Crippen LogP contribution in [0.4, 0.5) is 0 Å². The van der Waals surface area contributed by atoms with Crippen LogP contribution in [0.15, 0.2) is 134 Å². The molecule has 2 aromatic heterocycles. The van der Waals surface area contributed by atoms with E-state index in [2.05, 4.69) is 214 Å². The predicted molar refractivity (Wildman–Crippen MR) is 257 cm³/mol. The van der Waals surface area contributed by atoms with E-state index in [1.54, 1.807) is 0 Å². The molecule has 0 bridgehead atoms. The second kappa shape index (κ2) is 17.3. The van der Waals surface area contributed by atoms with Crippen molar-refractivity contribution in [3.8, 4) is 67.5 Å². The first-order valence-electron chi connectivity index (χ1n) is 21.7. The third-order valence-corrected chi connectivity index (χ3v) is 12.0. The molecule has 8 rings (SSSR count). The first-order valence-corrected chi connectivity index (χ1v) is 21.7. The molecule has 62 heavy (non-hydrogen) atoms. The summed E-state index contributed by atoms with van der Waals surface area (Å²) in [6, 6.07) is 49.4. The summed E-state index contributed by atoms with van der Waals surface area (Å²) < 4.78 is 2.29. The summed E-state index contributed by atoms with van der Waals surface area (Å²) >= 11 is 0. The van der Waals surface area contributed by atoms with E-state index in [4.69, 9.17) is 9.97 Å². The van der Waals surface area contributed by atoms with E-state index in [-0.39, 0.29) is 49.5 Å². The number of phenols is 1. The molecule has 1 N–H and O–H groups in total. The van der Waals surface area contributed by atoms with E-state index in [1.165, 1.54) is 27.8 Å². The Bertz CT molecular complexity index is 2890. The molecule has 0 atom stereocenters. The van der Waals surface area contributed by atoms with Gasteiger partial charge in [0.1, 0.15) is 11.6 Å². The average Bonchev–Trinajstić information content (AvgIpc) is 3.62. The molecule has 0 fully saturated rings. The van der Waals surface area contributed by atoms with E-state index in [0.717, 1.165) is 66.9 Å². The largest absolute Gasteiger partial charge is 0.507 e. The number of aromatic nitrogens is 3. The molecule has 318 valence electrons. The second-order valence-electron chi connectivity index (χ2n) is 19.3. The molecule has 0 saturated carbocycles. The van der Waals surface area contributed by atoms with Gasteiger partial charge in [-0.05, 0) is 98.9 Å². The number of nitrogens with zero attached hydrogens (tertiary/aromatic N) is 3. The standard InChI is InChI=1S/C57H58N3O.Pt/c1-35(2)42-31-47(36(3)4)54(61)48(32-42)55-59-53-46(18-15-19-52(53)60(55)51-25-24-40(33-49(51)57(9,10)11)38-16-13-12-14-17-38)43-28-44(30-45(29-43)56(6,7)8)50-34-41(26-27-58-50)39-22-20-37(5)21-23-39;/h12-27,29-36,61H,1-11H3;/q-1;. The van der Waals surface area contributed by atoms with Crippen LogP contribution in [0.1, 0.15) is 109 Å². The number of hydrogen-bond acceptors (Lipinski definition) is 3. The van der Waals surface area contributed by atoms with Crippen LogP contribution in [-0.4, -0.2) is 19.6 Å². The summed E-state index contributed by atoms with van der Waals surface area (Å²) in [7, 11) is 0. The number of rotatable bonds is 8. The van der Waals surface area contributed by atoms with Gasteiger partial charge in [0.15, 0.2) is 0 Å². The van der Waals surface area contributed by atoms with E-state index >= 15 is 0 Å². The molecule has 0 saturated heterocycles. The summed E-state index contributed by atoms with van der Waals surface area (Å²) in [5.74, 6) is 1.36. The van der Waals surface area contributed by atoms with Gasteiger partial charge in [-0.2, -0.15) is 0 Å². The smallest absolute Gasteiger partial charge is 0.148 e. The Labute approximate surface area is 383 Å². The average molecular weight is 996 g/mol. The fourth-order valence-corrected chi connectivity index (χ4v) is 8.30. The minimum atomic E-state index is -0.222. The number of para-hydroxylation sites is 1. The van der Waals surface area contributed by atoms with Crippen LogP contribution >= 0.6 is 0 Å². The van der Waals surface area contributed by atoms with Crippen molar-refractivity contribution in [2.24, 2.45) is 0 Å². The van der Waals surface area contributed by atoms with Gasteiger partial charge in [-0.15, -0.1) is 29.3 Å². The fourth-order valence-electron chi connectivity index (χ4n) is 8.30. The molecule has 6 aromatic carbocycles. The quantitative estimate of drug-likeness (QED) is 0.154. The van der Waals surface area contributed by atoms with Crippen LogP contribution < -0.4 is 0 Å². The second-order valence-corrected chi connectivity index (χ2v) is 19.3. The monoisotopic (exact) mass is 995 g/mol. The fraction of sp³-hybridized carbons (Fsp3) is 0.263. The molecule has 0 aliphatic rings. The number of benzene rings is 6. The molecule has 0 amide bonds. The van der Waals surface area contributed by atoms with E-state index < -0.39 is 0 Å². The van der Waals surface area contributed by atoms with E-state index in [9.17, 15) is 5.11 Å². The molecule has 0 unspecified atom stereocenters. The van der Waals surface area contributed by atoms with Gasteiger partial charge in [-0.3, -0.25) is 9.55 Å². The van der Waals surface area contributed by atoms with Crippen LogP contribution in [-0.2, 0) is 31.9 Å². The number of aromatic hydroxyl groups is 1. The Balaban J connectivity index is 0.00000578. The molecule has 8 aromatic rings. The van der Waals surface area contributed by atoms with Gasteiger partial charge in [0, 0.05) is 33.0 Å². The van der Waals surface area contributed by atoms with Gasteiger partial charge < -0.3 is 5.11 Å². The first kappa shape index (κ1) is 44.5. The van der Waals surface area contributed by atoms with Crippen LogP contribution in [0.25, 0.3) is 72.7 Å². The summed E-state index contributed by atoms with van der Waals surface area (Å²) in [5.41, 5.74) is 17.2. The number of aryl methyl sites for hydroxylation is 1. The van der Waals surface area contributed by atoms with Gasteiger partial charge in [-0.25, -0.2) is 4.98 Å². The van der Waals surface area contributed by atoms with Gasteiger partial charge in [0.2, 0.25) is 0 Å². The zero-order valence-electron chi connectivity index (χ0n) is 38.0. The number of imidazole rings is 1. The van der Waals surface area contributed by atoms with Crippen LogP contribution in [0.5, 0.6) is 5.75 Å². The Kier molecular flexibility index (Phi) is 12.4. The maximum absolute atomic E-state index is 12.3. The number of hydrogen-bond donors (Lipinski definition) is 1. The number of pyridine rings is 1. The molecule has 0 aliphatic carbocycles. The van der Waals surface area contributed by atoms with Crippen LogP contribution in [0.3, 0.4) is 0 Å². The predicted octanol–water partition coefficient (Wildman–Crippen LogP) is 15.4. The molecular formula is C57H58N3OPt-. The van der Waals surface area contributed by atoms with Crippen molar-refractivity contribution in [2.75, 3.05) is 0 Å². The zero-order valence-corrected chi connectivity index (χ0v) is 40.2. The maximum Gasteiger partial charge on any atom is 0.148 e. The van der Waals surface area contributed by atoms with E-state index in [1.807, 2.05) is 6.20 Å². The third kappa shape index (κ3) is 8.73. The molecule has 2 heterocycles. The Hall–Kier alpha value is -5.57.